The molecule has 0 saturated heterocycles. The van der Waals surface area contributed by atoms with E-state index in [9.17, 15) is 14.9 Å². The van der Waals surface area contributed by atoms with Gasteiger partial charge in [-0.15, -0.1) is 0 Å². The highest BCUT2D eigenvalue weighted by molar-refractivity contribution is 5.92. The van der Waals surface area contributed by atoms with Gasteiger partial charge in [0.25, 0.3) is 5.69 Å². The fourth-order valence-electron chi connectivity index (χ4n) is 1.33. The fourth-order valence-corrected chi connectivity index (χ4v) is 1.33. The summed E-state index contributed by atoms with van der Waals surface area (Å²) in [6, 6.07) is 4.17. The van der Waals surface area contributed by atoms with Gasteiger partial charge in [-0.1, -0.05) is 6.07 Å². The number of nitro benzene ring substituents is 1. The van der Waals surface area contributed by atoms with Gasteiger partial charge >= 0.3 is 5.97 Å². The van der Waals surface area contributed by atoms with Gasteiger partial charge in [-0.2, -0.15) is 0 Å². The number of nitrogens with one attached hydrogen (secondary N) is 1. The number of benzene rings is 1. The second kappa shape index (κ2) is 5.22. The van der Waals surface area contributed by atoms with Crippen molar-refractivity contribution in [3.8, 4) is 0 Å². The first-order valence-corrected chi connectivity index (χ1v) is 4.71. The molecule has 1 aromatic carbocycles. The zero-order valence-electron chi connectivity index (χ0n) is 8.77. The van der Waals surface area contributed by atoms with E-state index >= 15 is 0 Å². The minimum Gasteiger partial charge on any atom is -0.477 e. The summed E-state index contributed by atoms with van der Waals surface area (Å²) in [4.78, 5) is 20.7. The van der Waals surface area contributed by atoms with Crippen molar-refractivity contribution in [2.75, 3.05) is 13.6 Å². The highest BCUT2D eigenvalue weighted by atomic mass is 16.6. The van der Waals surface area contributed by atoms with Crippen molar-refractivity contribution in [3.63, 3.8) is 0 Å². The third-order valence-electron chi connectivity index (χ3n) is 2.15. The van der Waals surface area contributed by atoms with Crippen LogP contribution in [0, 0.1) is 10.1 Å². The first-order valence-electron chi connectivity index (χ1n) is 4.71. The van der Waals surface area contributed by atoms with Gasteiger partial charge < -0.3 is 10.4 Å². The lowest BCUT2D eigenvalue weighted by molar-refractivity contribution is -0.385. The zero-order valence-corrected chi connectivity index (χ0v) is 8.77. The molecule has 0 amide bonds. The van der Waals surface area contributed by atoms with Crippen molar-refractivity contribution < 1.29 is 14.8 Å². The van der Waals surface area contributed by atoms with E-state index in [-0.39, 0.29) is 11.3 Å². The predicted molar refractivity (Wildman–Crippen MR) is 57.7 cm³/mol. The maximum absolute atomic E-state index is 10.7. The summed E-state index contributed by atoms with van der Waals surface area (Å²) in [6.07, 6.45) is 0.622. The van der Waals surface area contributed by atoms with Crippen LogP contribution < -0.4 is 5.32 Å². The molecule has 0 spiro atoms. The third-order valence-corrected chi connectivity index (χ3v) is 2.15. The van der Waals surface area contributed by atoms with Gasteiger partial charge in [0.15, 0.2) is 0 Å². The van der Waals surface area contributed by atoms with E-state index in [2.05, 4.69) is 5.32 Å². The lowest BCUT2D eigenvalue weighted by Crippen LogP contribution is -2.11. The van der Waals surface area contributed by atoms with E-state index in [4.69, 9.17) is 5.11 Å². The van der Waals surface area contributed by atoms with E-state index in [1.165, 1.54) is 12.1 Å². The second-order valence-corrected chi connectivity index (χ2v) is 3.27. The molecule has 16 heavy (non-hydrogen) atoms. The third kappa shape index (κ3) is 2.77. The summed E-state index contributed by atoms with van der Waals surface area (Å²) >= 11 is 0. The molecule has 0 radical (unpaired) electrons. The lowest BCUT2D eigenvalue weighted by Gasteiger charge is -2.02. The number of aromatic carboxylic acids is 1. The van der Waals surface area contributed by atoms with Gasteiger partial charge in [-0.3, -0.25) is 10.1 Å². The Kier molecular flexibility index (Phi) is 3.96. The van der Waals surface area contributed by atoms with Crippen LogP contribution in [0.15, 0.2) is 18.2 Å². The van der Waals surface area contributed by atoms with Crippen LogP contribution in [0.2, 0.25) is 0 Å². The first-order chi connectivity index (χ1) is 7.56. The van der Waals surface area contributed by atoms with Crippen molar-refractivity contribution in [1.82, 2.24) is 5.32 Å². The number of carboxylic acids is 1. The molecule has 1 aromatic rings. The molecule has 6 heteroatoms. The predicted octanol–water partition coefficient (Wildman–Crippen LogP) is 1.05. The number of nitrogens with zero attached hydrogens (tertiary/aromatic N) is 1. The van der Waals surface area contributed by atoms with Crippen molar-refractivity contribution in [2.45, 2.75) is 6.42 Å². The monoisotopic (exact) mass is 224 g/mol. The summed E-state index contributed by atoms with van der Waals surface area (Å²) in [7, 11) is 1.78. The summed E-state index contributed by atoms with van der Waals surface area (Å²) in [5.41, 5.74) is 0.102. The van der Waals surface area contributed by atoms with E-state index in [1.807, 2.05) is 0 Å². The summed E-state index contributed by atoms with van der Waals surface area (Å²) in [6.45, 7) is 0.684. The molecule has 2 N–H and O–H groups in total. The summed E-state index contributed by atoms with van der Waals surface area (Å²) < 4.78 is 0. The number of hydrogen-bond acceptors (Lipinski definition) is 4. The van der Waals surface area contributed by atoms with Crippen molar-refractivity contribution in [3.05, 3.63) is 39.4 Å². The van der Waals surface area contributed by atoms with Crippen LogP contribution in [-0.4, -0.2) is 29.6 Å². The molecule has 0 atom stereocenters. The van der Waals surface area contributed by atoms with Crippen molar-refractivity contribution in [1.29, 1.82) is 0 Å². The zero-order chi connectivity index (χ0) is 12.1. The Balaban J connectivity index is 3.07. The van der Waals surface area contributed by atoms with E-state index in [0.29, 0.717) is 13.0 Å². The van der Waals surface area contributed by atoms with Gasteiger partial charge in [0.05, 0.1) is 4.92 Å². The highest BCUT2D eigenvalue weighted by Gasteiger charge is 2.19. The normalized spacial score (nSPS) is 10.1. The molecular formula is C10H12N2O4. The number of carboxylic acid groups (broad SMARTS) is 1. The van der Waals surface area contributed by atoms with Crippen LogP contribution in [0.3, 0.4) is 0 Å². The molecule has 0 unspecified atom stereocenters. The molecule has 0 saturated carbocycles. The smallest absolute Gasteiger partial charge is 0.342 e. The molecular weight excluding hydrogens is 212 g/mol. The van der Waals surface area contributed by atoms with Gasteiger partial charge in [0.2, 0.25) is 0 Å². The number of nitro groups is 1. The molecule has 86 valence electrons. The minimum absolute atomic E-state index is 0.279. The quantitative estimate of drug-likeness (QED) is 0.576. The van der Waals surface area contributed by atoms with Crippen LogP contribution in [0.5, 0.6) is 0 Å². The molecule has 0 aliphatic rings. The van der Waals surface area contributed by atoms with Crippen LogP contribution in [-0.2, 0) is 6.42 Å². The Morgan fingerprint density at radius 3 is 2.75 bits per heavy atom. The lowest BCUT2D eigenvalue weighted by atomic mass is 10.1. The molecule has 0 aromatic heterocycles. The molecule has 1 rings (SSSR count). The van der Waals surface area contributed by atoms with Gasteiger partial charge in [-0.05, 0) is 31.6 Å². The Morgan fingerprint density at radius 1 is 1.56 bits per heavy atom. The van der Waals surface area contributed by atoms with Gasteiger partial charge in [0, 0.05) is 6.07 Å². The SMILES string of the molecule is CNCCc1ccc(C(=O)O)c([N+](=O)[O-])c1. The molecule has 6 nitrogen and oxygen atoms in total. The first kappa shape index (κ1) is 12.1. The van der Waals surface area contributed by atoms with E-state index in [1.54, 1.807) is 13.1 Å². The largest absolute Gasteiger partial charge is 0.477 e. The van der Waals surface area contributed by atoms with Crippen LogP contribution >= 0.6 is 0 Å². The number of likely N-dealkylation sites (N-methyl/N-ethyl adjacent to an activating group) is 1. The average molecular weight is 224 g/mol. The molecule has 0 aliphatic heterocycles. The molecule has 0 bridgehead atoms. The van der Waals surface area contributed by atoms with Gasteiger partial charge in [-0.25, -0.2) is 4.79 Å². The maximum atomic E-state index is 10.7. The Hall–Kier alpha value is -1.95. The molecule has 0 aliphatic carbocycles. The minimum atomic E-state index is -1.29. The van der Waals surface area contributed by atoms with Gasteiger partial charge in [0.1, 0.15) is 5.56 Å². The summed E-state index contributed by atoms with van der Waals surface area (Å²) in [5.74, 6) is -1.29. The van der Waals surface area contributed by atoms with Crippen LogP contribution in [0.1, 0.15) is 15.9 Å². The second-order valence-electron chi connectivity index (χ2n) is 3.27. The molecule has 0 heterocycles. The molecule has 0 fully saturated rings. The highest BCUT2D eigenvalue weighted by Crippen LogP contribution is 2.20. The number of hydrogen-bond donors (Lipinski definition) is 2. The van der Waals surface area contributed by atoms with Crippen molar-refractivity contribution >= 4 is 11.7 Å². The Bertz CT molecular complexity index is 417. The topological polar surface area (TPSA) is 92.5 Å². The average Bonchev–Trinajstić information content (AvgIpc) is 2.25. The maximum Gasteiger partial charge on any atom is 0.342 e. The Morgan fingerprint density at radius 2 is 2.25 bits per heavy atom. The summed E-state index contributed by atoms with van der Waals surface area (Å²) in [5, 5.41) is 22.4. The Labute approximate surface area is 92.0 Å². The standard InChI is InChI=1S/C10H12N2O4/c1-11-5-4-7-2-3-8(10(13)14)9(6-7)12(15)16/h2-3,6,11H,4-5H2,1H3,(H,13,14). The number of carbonyl (C=O) groups is 1. The van der Waals surface area contributed by atoms with Crippen molar-refractivity contribution in [2.24, 2.45) is 0 Å². The fraction of sp³-hybridized carbons (Fsp3) is 0.300. The van der Waals surface area contributed by atoms with Crippen LogP contribution in [0.4, 0.5) is 5.69 Å². The number of rotatable bonds is 5. The van der Waals surface area contributed by atoms with E-state index < -0.39 is 10.9 Å². The van der Waals surface area contributed by atoms with Crippen LogP contribution in [0.25, 0.3) is 0 Å². The van der Waals surface area contributed by atoms with E-state index in [0.717, 1.165) is 5.56 Å².